The Bertz CT molecular complexity index is 1090. The molecule has 11 heteroatoms. The van der Waals surface area contributed by atoms with Crippen LogP contribution in [0.5, 0.6) is 0 Å². The van der Waals surface area contributed by atoms with Crippen LogP contribution < -0.4 is 0 Å². The molecule has 30 heavy (non-hydrogen) atoms. The van der Waals surface area contributed by atoms with Crippen LogP contribution in [0.25, 0.3) is 11.0 Å². The third-order valence-electron chi connectivity index (χ3n) is 4.26. The first-order chi connectivity index (χ1) is 14.7. The highest BCUT2D eigenvalue weighted by Crippen LogP contribution is 2.27. The monoisotopic (exact) mass is 427 g/mol. The molecule has 0 spiro atoms. The lowest BCUT2D eigenvalue weighted by Gasteiger charge is -2.07. The van der Waals surface area contributed by atoms with Gasteiger partial charge in [-0.05, 0) is 5.56 Å². The maximum Gasteiger partial charge on any atom is 0.162 e. The minimum absolute atomic E-state index is 0.0236. The summed E-state index contributed by atoms with van der Waals surface area (Å²) in [6.45, 7) is 0.215. The van der Waals surface area contributed by atoms with E-state index in [2.05, 4.69) is 37.5 Å². The number of benzene rings is 1. The summed E-state index contributed by atoms with van der Waals surface area (Å²) in [7, 11) is 0. The van der Waals surface area contributed by atoms with E-state index in [1.807, 2.05) is 18.2 Å². The summed E-state index contributed by atoms with van der Waals surface area (Å²) in [5.41, 5.74) is 2.66. The number of aliphatic hydroxyl groups is 2. The second-order valence-electron chi connectivity index (χ2n) is 6.58. The topological polar surface area (TPSA) is 124 Å². The first kappa shape index (κ1) is 20.4. The first-order valence-electron chi connectivity index (χ1n) is 9.32. The van der Waals surface area contributed by atoms with Gasteiger partial charge in [-0.1, -0.05) is 35.5 Å². The average Bonchev–Trinajstić information content (AvgIpc) is 3.40. The summed E-state index contributed by atoms with van der Waals surface area (Å²) in [5, 5.41) is 32.4. The van der Waals surface area contributed by atoms with E-state index >= 15 is 0 Å². The van der Waals surface area contributed by atoms with Crippen molar-refractivity contribution in [1.82, 2.24) is 34.7 Å². The van der Waals surface area contributed by atoms with E-state index in [1.54, 1.807) is 35.2 Å². The molecule has 0 bridgehead atoms. The van der Waals surface area contributed by atoms with E-state index in [1.165, 1.54) is 10.2 Å². The van der Waals surface area contributed by atoms with E-state index < -0.39 is 6.10 Å². The highest BCUT2D eigenvalue weighted by atomic mass is 32.2. The zero-order valence-corrected chi connectivity index (χ0v) is 16.9. The third-order valence-corrected chi connectivity index (χ3v) is 5.33. The Hall–Kier alpha value is -2.86. The highest BCUT2D eigenvalue weighted by molar-refractivity contribution is 7.98. The van der Waals surface area contributed by atoms with Gasteiger partial charge in [-0.15, -0.1) is 16.9 Å². The van der Waals surface area contributed by atoms with Crippen LogP contribution in [-0.4, -0.2) is 64.3 Å². The predicted octanol–water partition coefficient (Wildman–Crippen LogP) is 1.09. The van der Waals surface area contributed by atoms with E-state index in [-0.39, 0.29) is 19.9 Å². The van der Waals surface area contributed by atoms with Crippen LogP contribution >= 0.6 is 11.8 Å². The number of aromatic nitrogens is 7. The van der Waals surface area contributed by atoms with Gasteiger partial charge in [0.15, 0.2) is 5.65 Å². The van der Waals surface area contributed by atoms with Gasteiger partial charge in [-0.25, -0.2) is 19.3 Å². The molecule has 1 aromatic carbocycles. The molecule has 0 aliphatic heterocycles. The lowest BCUT2D eigenvalue weighted by atomic mass is 10.2. The summed E-state index contributed by atoms with van der Waals surface area (Å²) < 4.78 is 8.55. The van der Waals surface area contributed by atoms with Crippen LogP contribution in [-0.2, 0) is 23.8 Å². The smallest absolute Gasteiger partial charge is 0.162 e. The maximum absolute atomic E-state index is 9.29. The van der Waals surface area contributed by atoms with E-state index in [0.29, 0.717) is 12.2 Å². The molecule has 4 rings (SSSR count). The van der Waals surface area contributed by atoms with Gasteiger partial charge in [0.05, 0.1) is 37.5 Å². The molecule has 2 N–H and O–H groups in total. The number of rotatable bonds is 10. The Morgan fingerprint density at radius 3 is 2.87 bits per heavy atom. The Balaban J connectivity index is 1.42. The maximum atomic E-state index is 9.29. The molecule has 0 saturated carbocycles. The Labute approximate surface area is 176 Å². The lowest BCUT2D eigenvalue weighted by molar-refractivity contribution is -0.0209. The van der Waals surface area contributed by atoms with Crippen molar-refractivity contribution in [2.24, 2.45) is 0 Å². The summed E-state index contributed by atoms with van der Waals surface area (Å²) >= 11 is 1.65. The van der Waals surface area contributed by atoms with Crippen LogP contribution in [0.4, 0.5) is 0 Å². The van der Waals surface area contributed by atoms with Crippen molar-refractivity contribution in [3.05, 3.63) is 60.3 Å². The molecule has 3 aromatic heterocycles. The quantitative estimate of drug-likeness (QED) is 0.283. The van der Waals surface area contributed by atoms with Crippen molar-refractivity contribution in [2.75, 3.05) is 13.2 Å². The van der Waals surface area contributed by atoms with Gasteiger partial charge >= 0.3 is 0 Å². The van der Waals surface area contributed by atoms with E-state index in [9.17, 15) is 5.11 Å². The molecule has 0 fully saturated rings. The lowest BCUT2D eigenvalue weighted by Crippen LogP contribution is -2.20. The molecule has 4 aromatic rings. The van der Waals surface area contributed by atoms with Gasteiger partial charge in [-0.2, -0.15) is 5.10 Å². The molecule has 0 unspecified atom stereocenters. The Kier molecular flexibility index (Phi) is 6.64. The summed E-state index contributed by atoms with van der Waals surface area (Å²) in [6.07, 6.45) is 4.15. The fourth-order valence-electron chi connectivity index (χ4n) is 2.79. The standard InChI is InChI=1S/C19H21N7O3S/c27-9-16(28)10-29-13-25-7-15(23-24-25)8-26-18-17(6-22-26)19(21-12-20-18)30-11-14-4-2-1-3-5-14/h1-7,12,16,27-28H,8-11,13H2/t16-/m1/s1. The molecule has 3 heterocycles. The van der Waals surface area contributed by atoms with Gasteiger partial charge in [0, 0.05) is 5.75 Å². The van der Waals surface area contributed by atoms with E-state index in [4.69, 9.17) is 9.84 Å². The molecular weight excluding hydrogens is 406 g/mol. The molecule has 156 valence electrons. The number of fused-ring (bicyclic) bond motifs is 1. The number of ether oxygens (including phenoxy) is 1. The zero-order valence-electron chi connectivity index (χ0n) is 16.1. The van der Waals surface area contributed by atoms with Crippen LogP contribution in [0, 0.1) is 0 Å². The molecule has 1 atom stereocenters. The highest BCUT2D eigenvalue weighted by Gasteiger charge is 2.12. The van der Waals surface area contributed by atoms with E-state index in [0.717, 1.165) is 21.8 Å². The number of aliphatic hydroxyl groups excluding tert-OH is 2. The molecule has 10 nitrogen and oxygen atoms in total. The molecule has 0 saturated heterocycles. The van der Waals surface area contributed by atoms with Crippen molar-refractivity contribution in [3.8, 4) is 0 Å². The molecule has 0 aliphatic carbocycles. The summed E-state index contributed by atoms with van der Waals surface area (Å²) in [4.78, 5) is 8.80. The molecule has 0 aliphatic rings. The molecular formula is C19H21N7O3S. The third kappa shape index (κ3) is 5.00. The predicted molar refractivity (Wildman–Crippen MR) is 109 cm³/mol. The number of nitrogens with zero attached hydrogens (tertiary/aromatic N) is 7. The number of hydrogen-bond acceptors (Lipinski definition) is 9. The van der Waals surface area contributed by atoms with Gasteiger partial charge in [0.1, 0.15) is 29.9 Å². The van der Waals surface area contributed by atoms with Gasteiger partial charge in [-0.3, -0.25) is 0 Å². The van der Waals surface area contributed by atoms with Crippen molar-refractivity contribution in [2.45, 2.75) is 30.2 Å². The van der Waals surface area contributed by atoms with Crippen LogP contribution in [0.15, 0.2) is 54.1 Å². The van der Waals surface area contributed by atoms with Crippen molar-refractivity contribution >= 4 is 22.8 Å². The van der Waals surface area contributed by atoms with Crippen molar-refractivity contribution in [1.29, 1.82) is 0 Å². The van der Waals surface area contributed by atoms with Gasteiger partial charge in [0.2, 0.25) is 0 Å². The second-order valence-corrected chi connectivity index (χ2v) is 7.54. The summed E-state index contributed by atoms with van der Waals surface area (Å²) in [6, 6.07) is 10.2. The van der Waals surface area contributed by atoms with Gasteiger partial charge < -0.3 is 14.9 Å². The first-order valence-corrected chi connectivity index (χ1v) is 10.3. The fraction of sp³-hybridized carbons (Fsp3) is 0.316. The summed E-state index contributed by atoms with van der Waals surface area (Å²) in [5.74, 6) is 0.817. The Morgan fingerprint density at radius 1 is 1.17 bits per heavy atom. The number of thioether (sulfide) groups is 1. The molecule has 0 radical (unpaired) electrons. The molecule has 0 amide bonds. The second kappa shape index (κ2) is 9.76. The SMILES string of the molecule is OC[C@@H](O)COCn1cc(Cn2ncc3c(SCc4ccccc4)ncnc32)nn1. The van der Waals surface area contributed by atoms with Crippen molar-refractivity contribution < 1.29 is 14.9 Å². The fourth-order valence-corrected chi connectivity index (χ4v) is 3.71. The zero-order chi connectivity index (χ0) is 20.8. The van der Waals surface area contributed by atoms with Crippen LogP contribution in [0.3, 0.4) is 0 Å². The minimum Gasteiger partial charge on any atom is -0.394 e. The average molecular weight is 427 g/mol. The van der Waals surface area contributed by atoms with Crippen LogP contribution in [0.2, 0.25) is 0 Å². The van der Waals surface area contributed by atoms with Crippen LogP contribution in [0.1, 0.15) is 11.3 Å². The normalized spacial score (nSPS) is 12.5. The number of hydrogen-bond donors (Lipinski definition) is 2. The van der Waals surface area contributed by atoms with Crippen molar-refractivity contribution in [3.63, 3.8) is 0 Å². The minimum atomic E-state index is -0.905. The Morgan fingerprint density at radius 2 is 2.03 bits per heavy atom. The largest absolute Gasteiger partial charge is 0.394 e. The van der Waals surface area contributed by atoms with Gasteiger partial charge in [0.25, 0.3) is 0 Å².